The minimum atomic E-state index is -0.513. The molecule has 0 saturated carbocycles. The molecule has 1 rings (SSSR count). The van der Waals surface area contributed by atoms with E-state index in [-0.39, 0.29) is 17.8 Å². The van der Waals surface area contributed by atoms with E-state index in [1.807, 2.05) is 6.92 Å². The molecule has 0 bridgehead atoms. The van der Waals surface area contributed by atoms with E-state index >= 15 is 0 Å². The normalized spacial score (nSPS) is 13.9. The Morgan fingerprint density at radius 3 is 2.65 bits per heavy atom. The van der Waals surface area contributed by atoms with E-state index in [4.69, 9.17) is 0 Å². The predicted molar refractivity (Wildman–Crippen MR) is 62.8 cm³/mol. The van der Waals surface area contributed by atoms with Crippen LogP contribution in [0.4, 0.5) is 5.82 Å². The average molecular weight is 239 g/mol. The van der Waals surface area contributed by atoms with Crippen LogP contribution < -0.4 is 5.32 Å². The Labute approximate surface area is 100 Å². The lowest BCUT2D eigenvalue weighted by Crippen LogP contribution is -2.21. The van der Waals surface area contributed by atoms with E-state index in [2.05, 4.69) is 20.3 Å². The number of carbonyl (C=O) groups is 1. The van der Waals surface area contributed by atoms with Gasteiger partial charge in [-0.1, -0.05) is 0 Å². The number of hydrogen-bond donors (Lipinski definition) is 2. The van der Waals surface area contributed by atoms with Crippen LogP contribution in [0.2, 0.25) is 0 Å². The summed E-state index contributed by atoms with van der Waals surface area (Å²) in [4.78, 5) is 11.1. The second kappa shape index (κ2) is 6.15. The molecular formula is C11H17N3O3. The maximum absolute atomic E-state index is 11.1. The van der Waals surface area contributed by atoms with Crippen molar-refractivity contribution in [3.05, 3.63) is 17.8 Å². The number of carbonyl (C=O) groups excluding carboxylic acids is 1. The third kappa shape index (κ3) is 4.36. The minimum Gasteiger partial charge on any atom is -0.464 e. The maximum Gasteiger partial charge on any atom is 0.358 e. The molecule has 17 heavy (non-hydrogen) atoms. The predicted octanol–water partition coefficient (Wildman–Crippen LogP) is 0.834. The number of aromatic nitrogens is 2. The zero-order chi connectivity index (χ0) is 12.8. The van der Waals surface area contributed by atoms with Crippen LogP contribution in [-0.4, -0.2) is 40.5 Å². The van der Waals surface area contributed by atoms with Crippen LogP contribution in [0.5, 0.6) is 0 Å². The fourth-order valence-electron chi connectivity index (χ4n) is 1.45. The fraction of sp³-hybridized carbons (Fsp3) is 0.545. The van der Waals surface area contributed by atoms with E-state index in [9.17, 15) is 9.90 Å². The molecule has 1 aromatic heterocycles. The molecule has 0 aromatic carbocycles. The first-order valence-corrected chi connectivity index (χ1v) is 5.39. The highest BCUT2D eigenvalue weighted by Crippen LogP contribution is 2.07. The van der Waals surface area contributed by atoms with Crippen LogP contribution in [0.25, 0.3) is 0 Å². The fourth-order valence-corrected chi connectivity index (χ4v) is 1.45. The number of ether oxygens (including phenoxy) is 1. The van der Waals surface area contributed by atoms with Crippen molar-refractivity contribution in [1.29, 1.82) is 0 Å². The van der Waals surface area contributed by atoms with Crippen LogP contribution in [0.1, 0.15) is 30.8 Å². The van der Waals surface area contributed by atoms with E-state index in [1.165, 1.54) is 13.2 Å². The summed E-state index contributed by atoms with van der Waals surface area (Å²) in [6.45, 7) is 3.66. The third-order valence-electron chi connectivity index (χ3n) is 2.15. The summed E-state index contributed by atoms with van der Waals surface area (Å²) in [7, 11) is 1.29. The molecule has 0 spiro atoms. The minimum absolute atomic E-state index is 0.0771. The van der Waals surface area contributed by atoms with Gasteiger partial charge in [-0.05, 0) is 32.4 Å². The quantitative estimate of drug-likeness (QED) is 0.740. The molecule has 0 fully saturated rings. The summed E-state index contributed by atoms with van der Waals surface area (Å²) in [5.41, 5.74) is 0.168. The van der Waals surface area contributed by atoms with Gasteiger partial charge in [0.05, 0.1) is 13.2 Å². The topological polar surface area (TPSA) is 84.3 Å². The largest absolute Gasteiger partial charge is 0.464 e. The smallest absolute Gasteiger partial charge is 0.358 e. The molecule has 2 N–H and O–H groups in total. The van der Waals surface area contributed by atoms with Crippen molar-refractivity contribution >= 4 is 11.8 Å². The standard InChI is InChI=1S/C11H17N3O3/c1-7(6-8(2)15)12-10-5-4-9(13-14-10)11(16)17-3/h4-5,7-8,15H,6H2,1-3H3,(H,12,14). The van der Waals surface area contributed by atoms with Crippen molar-refractivity contribution in [2.75, 3.05) is 12.4 Å². The lowest BCUT2D eigenvalue weighted by Gasteiger charge is -2.15. The zero-order valence-corrected chi connectivity index (χ0v) is 10.2. The number of esters is 1. The van der Waals surface area contributed by atoms with Gasteiger partial charge in [0.15, 0.2) is 5.69 Å². The van der Waals surface area contributed by atoms with E-state index < -0.39 is 5.97 Å². The van der Waals surface area contributed by atoms with Gasteiger partial charge in [-0.25, -0.2) is 4.79 Å². The van der Waals surface area contributed by atoms with Crippen molar-refractivity contribution in [3.8, 4) is 0 Å². The van der Waals surface area contributed by atoms with Crippen LogP contribution in [0.3, 0.4) is 0 Å². The van der Waals surface area contributed by atoms with Crippen LogP contribution in [0.15, 0.2) is 12.1 Å². The van der Waals surface area contributed by atoms with E-state index in [0.717, 1.165) is 0 Å². The summed E-state index contributed by atoms with van der Waals surface area (Å²) in [5, 5.41) is 19.9. The monoisotopic (exact) mass is 239 g/mol. The molecule has 2 atom stereocenters. The van der Waals surface area contributed by atoms with Gasteiger partial charge >= 0.3 is 5.97 Å². The van der Waals surface area contributed by atoms with Gasteiger partial charge in [-0.3, -0.25) is 0 Å². The highest BCUT2D eigenvalue weighted by atomic mass is 16.5. The summed E-state index contributed by atoms with van der Waals surface area (Å²) in [5.74, 6) is 0.0480. The van der Waals surface area contributed by atoms with Gasteiger partial charge in [-0.15, -0.1) is 10.2 Å². The molecule has 0 aliphatic rings. The van der Waals surface area contributed by atoms with Crippen molar-refractivity contribution in [3.63, 3.8) is 0 Å². The van der Waals surface area contributed by atoms with Crippen molar-refractivity contribution in [2.45, 2.75) is 32.4 Å². The van der Waals surface area contributed by atoms with Gasteiger partial charge < -0.3 is 15.2 Å². The van der Waals surface area contributed by atoms with Crippen molar-refractivity contribution in [1.82, 2.24) is 10.2 Å². The summed E-state index contributed by atoms with van der Waals surface area (Å²) in [6, 6.07) is 3.27. The summed E-state index contributed by atoms with van der Waals surface area (Å²) < 4.78 is 4.51. The van der Waals surface area contributed by atoms with E-state index in [1.54, 1.807) is 13.0 Å². The lowest BCUT2D eigenvalue weighted by atomic mass is 10.1. The van der Waals surface area contributed by atoms with Gasteiger partial charge in [0.25, 0.3) is 0 Å². The van der Waals surface area contributed by atoms with Gasteiger partial charge in [0.2, 0.25) is 0 Å². The molecule has 6 nitrogen and oxygen atoms in total. The Morgan fingerprint density at radius 2 is 2.18 bits per heavy atom. The second-order valence-electron chi connectivity index (χ2n) is 3.93. The number of rotatable bonds is 5. The Balaban J connectivity index is 2.59. The number of methoxy groups -OCH3 is 1. The van der Waals surface area contributed by atoms with Gasteiger partial charge in [0.1, 0.15) is 5.82 Å². The molecule has 1 heterocycles. The first-order valence-electron chi connectivity index (χ1n) is 5.39. The summed E-state index contributed by atoms with van der Waals surface area (Å²) in [6.07, 6.45) is 0.236. The first kappa shape index (κ1) is 13.4. The van der Waals surface area contributed by atoms with Crippen LogP contribution in [-0.2, 0) is 4.74 Å². The molecule has 6 heteroatoms. The number of nitrogens with one attached hydrogen (secondary N) is 1. The molecule has 0 radical (unpaired) electrons. The highest BCUT2D eigenvalue weighted by Gasteiger charge is 2.09. The Hall–Kier alpha value is -1.69. The Bertz CT molecular complexity index is 365. The van der Waals surface area contributed by atoms with Crippen LogP contribution in [0, 0.1) is 0 Å². The number of hydrogen-bond acceptors (Lipinski definition) is 6. The molecule has 0 saturated heterocycles. The van der Waals surface area contributed by atoms with Gasteiger partial charge in [0, 0.05) is 6.04 Å². The molecule has 1 aromatic rings. The van der Waals surface area contributed by atoms with E-state index in [0.29, 0.717) is 12.2 Å². The van der Waals surface area contributed by atoms with Gasteiger partial charge in [-0.2, -0.15) is 0 Å². The molecule has 2 unspecified atom stereocenters. The average Bonchev–Trinajstić information content (AvgIpc) is 2.28. The maximum atomic E-state index is 11.1. The highest BCUT2D eigenvalue weighted by molar-refractivity contribution is 5.86. The first-order chi connectivity index (χ1) is 8.02. The third-order valence-corrected chi connectivity index (χ3v) is 2.15. The summed E-state index contributed by atoms with van der Waals surface area (Å²) >= 11 is 0. The molecular weight excluding hydrogens is 222 g/mol. The number of nitrogens with zero attached hydrogens (tertiary/aromatic N) is 2. The molecule has 0 amide bonds. The number of aliphatic hydroxyl groups is 1. The zero-order valence-electron chi connectivity index (χ0n) is 10.2. The lowest BCUT2D eigenvalue weighted by molar-refractivity contribution is 0.0593. The van der Waals surface area contributed by atoms with Crippen LogP contribution >= 0.6 is 0 Å². The van der Waals surface area contributed by atoms with Crippen molar-refractivity contribution < 1.29 is 14.6 Å². The molecule has 0 aliphatic carbocycles. The molecule has 94 valence electrons. The SMILES string of the molecule is COC(=O)c1ccc(NC(C)CC(C)O)nn1. The number of anilines is 1. The number of aliphatic hydroxyl groups excluding tert-OH is 1. The Morgan fingerprint density at radius 1 is 1.47 bits per heavy atom. The Kier molecular flexibility index (Phi) is 4.84. The van der Waals surface area contributed by atoms with Crippen molar-refractivity contribution in [2.24, 2.45) is 0 Å². The second-order valence-corrected chi connectivity index (χ2v) is 3.93. The molecule has 0 aliphatic heterocycles.